The van der Waals surface area contributed by atoms with E-state index in [9.17, 15) is 18.4 Å². The number of amides is 2. The summed E-state index contributed by atoms with van der Waals surface area (Å²) in [6.45, 7) is 3.37. The van der Waals surface area contributed by atoms with E-state index in [1.807, 2.05) is 30.3 Å². The molecule has 0 saturated carbocycles. The summed E-state index contributed by atoms with van der Waals surface area (Å²) in [6.07, 6.45) is 3.84. The van der Waals surface area contributed by atoms with Crippen LogP contribution in [-0.4, -0.2) is 54.3 Å². The van der Waals surface area contributed by atoms with Crippen LogP contribution < -0.4 is 5.32 Å². The predicted octanol–water partition coefficient (Wildman–Crippen LogP) is 3.15. The first kappa shape index (κ1) is 20.7. The van der Waals surface area contributed by atoms with Gasteiger partial charge >= 0.3 is 0 Å². The third-order valence-corrected chi connectivity index (χ3v) is 4.71. The molecule has 0 spiro atoms. The van der Waals surface area contributed by atoms with Crippen LogP contribution in [0.5, 0.6) is 0 Å². The topological polar surface area (TPSA) is 52.7 Å². The molecule has 1 heterocycles. The fraction of sp³-hybridized carbons (Fsp3) is 0.273. The quantitative estimate of drug-likeness (QED) is 0.760. The molecule has 0 aromatic heterocycles. The van der Waals surface area contributed by atoms with E-state index < -0.39 is 17.5 Å². The first-order chi connectivity index (χ1) is 14.0. The van der Waals surface area contributed by atoms with E-state index in [1.54, 1.807) is 4.90 Å². The van der Waals surface area contributed by atoms with Crippen LogP contribution in [0.25, 0.3) is 6.08 Å². The van der Waals surface area contributed by atoms with Gasteiger partial charge in [0.05, 0.1) is 0 Å². The summed E-state index contributed by atoms with van der Waals surface area (Å²) in [7, 11) is 0. The fourth-order valence-electron chi connectivity index (χ4n) is 3.11. The minimum absolute atomic E-state index is 0.122. The minimum Gasteiger partial charge on any atom is -0.340 e. The average molecular weight is 399 g/mol. The lowest BCUT2D eigenvalue weighted by molar-refractivity contribution is -0.136. The van der Waals surface area contributed by atoms with Gasteiger partial charge in [0.15, 0.2) is 11.6 Å². The molecule has 0 atom stereocenters. The monoisotopic (exact) mass is 399 g/mol. The van der Waals surface area contributed by atoms with Gasteiger partial charge in [-0.15, -0.1) is 0 Å². The second-order valence-electron chi connectivity index (χ2n) is 6.85. The molecule has 2 aromatic rings. The second-order valence-corrected chi connectivity index (χ2v) is 6.85. The van der Waals surface area contributed by atoms with Crippen LogP contribution >= 0.6 is 0 Å². The molecule has 7 heteroatoms. The lowest BCUT2D eigenvalue weighted by Crippen LogP contribution is -2.49. The van der Waals surface area contributed by atoms with E-state index in [-0.39, 0.29) is 18.0 Å². The SMILES string of the molecule is O=C(CC(=O)N1CCN(C/C=C/c2ccccc2)CC1)Nc1ccc(F)c(F)c1. The van der Waals surface area contributed by atoms with Gasteiger partial charge in [-0.05, 0) is 17.7 Å². The third kappa shape index (κ3) is 6.22. The van der Waals surface area contributed by atoms with Gasteiger partial charge in [0.25, 0.3) is 0 Å². The van der Waals surface area contributed by atoms with Crippen molar-refractivity contribution in [3.8, 4) is 0 Å². The highest BCUT2D eigenvalue weighted by Crippen LogP contribution is 2.14. The Morgan fingerprint density at radius 1 is 0.966 bits per heavy atom. The van der Waals surface area contributed by atoms with E-state index in [2.05, 4.69) is 22.4 Å². The molecule has 1 N–H and O–H groups in total. The number of carbonyl (C=O) groups is 2. The molecule has 5 nitrogen and oxygen atoms in total. The highest BCUT2D eigenvalue weighted by molar-refractivity contribution is 6.03. The van der Waals surface area contributed by atoms with E-state index in [1.165, 1.54) is 6.07 Å². The molecule has 0 bridgehead atoms. The molecular weight excluding hydrogens is 376 g/mol. The summed E-state index contributed by atoms with van der Waals surface area (Å²) in [5.41, 5.74) is 1.27. The van der Waals surface area contributed by atoms with Gasteiger partial charge < -0.3 is 10.2 Å². The van der Waals surface area contributed by atoms with Crippen LogP contribution in [0.15, 0.2) is 54.6 Å². The van der Waals surface area contributed by atoms with Gasteiger partial charge in [-0.3, -0.25) is 14.5 Å². The molecule has 0 radical (unpaired) electrons. The molecule has 29 heavy (non-hydrogen) atoms. The summed E-state index contributed by atoms with van der Waals surface area (Å²) < 4.78 is 26.1. The van der Waals surface area contributed by atoms with E-state index in [0.29, 0.717) is 13.1 Å². The van der Waals surface area contributed by atoms with Crippen LogP contribution in [-0.2, 0) is 9.59 Å². The number of carbonyl (C=O) groups excluding carboxylic acids is 2. The van der Waals surface area contributed by atoms with Gasteiger partial charge in [-0.2, -0.15) is 0 Å². The predicted molar refractivity (Wildman–Crippen MR) is 108 cm³/mol. The number of rotatable bonds is 6. The molecule has 1 aliphatic heterocycles. The van der Waals surface area contributed by atoms with Crippen molar-refractivity contribution in [3.05, 3.63) is 71.8 Å². The van der Waals surface area contributed by atoms with Crippen LogP contribution in [0, 0.1) is 11.6 Å². The highest BCUT2D eigenvalue weighted by Gasteiger charge is 2.22. The highest BCUT2D eigenvalue weighted by atomic mass is 19.2. The Balaban J connectivity index is 1.40. The summed E-state index contributed by atoms with van der Waals surface area (Å²) in [6, 6.07) is 13.1. The summed E-state index contributed by atoms with van der Waals surface area (Å²) in [5.74, 6) is -2.86. The lowest BCUT2D eigenvalue weighted by atomic mass is 10.2. The van der Waals surface area contributed by atoms with Crippen LogP contribution in [0.4, 0.5) is 14.5 Å². The molecule has 2 amide bonds. The van der Waals surface area contributed by atoms with Gasteiger partial charge in [0.2, 0.25) is 11.8 Å². The van der Waals surface area contributed by atoms with Crippen molar-refractivity contribution in [2.75, 3.05) is 38.0 Å². The van der Waals surface area contributed by atoms with Crippen molar-refractivity contribution < 1.29 is 18.4 Å². The molecule has 1 aliphatic rings. The number of hydrogen-bond acceptors (Lipinski definition) is 3. The Hall–Kier alpha value is -3.06. The third-order valence-electron chi connectivity index (χ3n) is 4.71. The number of benzene rings is 2. The van der Waals surface area contributed by atoms with Crippen LogP contribution in [0.3, 0.4) is 0 Å². The van der Waals surface area contributed by atoms with Gasteiger partial charge in [0, 0.05) is 44.5 Å². The zero-order valence-electron chi connectivity index (χ0n) is 16.0. The van der Waals surface area contributed by atoms with E-state index >= 15 is 0 Å². The van der Waals surface area contributed by atoms with Gasteiger partial charge in [-0.25, -0.2) is 8.78 Å². The molecule has 1 fully saturated rings. The van der Waals surface area contributed by atoms with Crippen molar-refractivity contribution >= 4 is 23.6 Å². The summed E-state index contributed by atoms with van der Waals surface area (Å²) in [4.78, 5) is 28.2. The maximum atomic E-state index is 13.2. The molecule has 0 aliphatic carbocycles. The first-order valence-corrected chi connectivity index (χ1v) is 9.48. The number of halogens is 2. The molecule has 3 rings (SSSR count). The maximum Gasteiger partial charge on any atom is 0.233 e. The molecule has 0 unspecified atom stereocenters. The first-order valence-electron chi connectivity index (χ1n) is 9.48. The Morgan fingerprint density at radius 3 is 2.38 bits per heavy atom. The average Bonchev–Trinajstić information content (AvgIpc) is 2.72. The number of anilines is 1. The number of nitrogens with zero attached hydrogens (tertiary/aromatic N) is 2. The van der Waals surface area contributed by atoms with Crippen LogP contribution in [0.2, 0.25) is 0 Å². The van der Waals surface area contributed by atoms with Crippen molar-refractivity contribution in [2.24, 2.45) is 0 Å². The van der Waals surface area contributed by atoms with Crippen molar-refractivity contribution in [1.29, 1.82) is 0 Å². The van der Waals surface area contributed by atoms with Crippen molar-refractivity contribution in [2.45, 2.75) is 6.42 Å². The Bertz CT molecular complexity index is 879. The Labute approximate surface area is 168 Å². The molecular formula is C22H23F2N3O2. The smallest absolute Gasteiger partial charge is 0.233 e. The molecule has 2 aromatic carbocycles. The largest absolute Gasteiger partial charge is 0.340 e. The standard InChI is InChI=1S/C22H23F2N3O2/c23-19-9-8-18(15-20(19)24)25-21(28)16-22(29)27-13-11-26(12-14-27)10-4-7-17-5-2-1-3-6-17/h1-9,15H,10-14,16H2,(H,25,28)/b7-4+. The minimum atomic E-state index is -1.05. The number of piperazine rings is 1. The van der Waals surface area contributed by atoms with E-state index in [4.69, 9.17) is 0 Å². The summed E-state index contributed by atoms with van der Waals surface area (Å²) in [5, 5.41) is 2.42. The van der Waals surface area contributed by atoms with Crippen molar-refractivity contribution in [3.63, 3.8) is 0 Å². The lowest BCUT2D eigenvalue weighted by Gasteiger charge is -2.34. The van der Waals surface area contributed by atoms with Crippen molar-refractivity contribution in [1.82, 2.24) is 9.80 Å². The zero-order chi connectivity index (χ0) is 20.6. The zero-order valence-corrected chi connectivity index (χ0v) is 16.0. The fourth-order valence-corrected chi connectivity index (χ4v) is 3.11. The summed E-state index contributed by atoms with van der Waals surface area (Å²) >= 11 is 0. The second kappa shape index (κ2) is 9.93. The van der Waals surface area contributed by atoms with Gasteiger partial charge in [0.1, 0.15) is 6.42 Å². The van der Waals surface area contributed by atoms with E-state index in [0.717, 1.165) is 37.3 Å². The molecule has 1 saturated heterocycles. The maximum absolute atomic E-state index is 13.2. The van der Waals surface area contributed by atoms with Gasteiger partial charge in [-0.1, -0.05) is 42.5 Å². The Kier molecular flexibility index (Phi) is 7.08. The number of nitrogens with one attached hydrogen (secondary N) is 1. The normalized spacial score (nSPS) is 14.9. The van der Waals surface area contributed by atoms with Crippen LogP contribution in [0.1, 0.15) is 12.0 Å². The number of hydrogen-bond donors (Lipinski definition) is 1. The Morgan fingerprint density at radius 2 is 1.69 bits per heavy atom. The molecule has 152 valence electrons.